The second-order valence-electron chi connectivity index (χ2n) is 6.58. The Labute approximate surface area is 142 Å². The van der Waals surface area contributed by atoms with Gasteiger partial charge in [-0.15, -0.1) is 0 Å². The molecule has 5 heteroatoms. The van der Waals surface area contributed by atoms with Crippen LogP contribution in [0, 0.1) is 17.2 Å². The topological polar surface area (TPSA) is 69.0 Å². The molecule has 124 valence electrons. The van der Waals surface area contributed by atoms with Crippen molar-refractivity contribution < 1.29 is 4.79 Å². The Hall–Kier alpha value is -2.61. The molecule has 0 atom stereocenters. The first kappa shape index (κ1) is 16.3. The fourth-order valence-electron chi connectivity index (χ4n) is 3.18. The summed E-state index contributed by atoms with van der Waals surface area (Å²) in [5.74, 6) is 0.284. The number of rotatable bonds is 3. The quantitative estimate of drug-likeness (QED) is 0.942. The number of hydrogen-bond acceptors (Lipinski definition) is 4. The lowest BCUT2D eigenvalue weighted by atomic mass is 10.0. The van der Waals surface area contributed by atoms with E-state index < -0.39 is 0 Å². The third-order valence-corrected chi connectivity index (χ3v) is 4.49. The van der Waals surface area contributed by atoms with Gasteiger partial charge in [-0.3, -0.25) is 4.79 Å². The summed E-state index contributed by atoms with van der Waals surface area (Å²) in [7, 11) is 0. The van der Waals surface area contributed by atoms with Crippen molar-refractivity contribution in [3.8, 4) is 6.07 Å². The largest absolute Gasteiger partial charge is 0.382 e. The summed E-state index contributed by atoms with van der Waals surface area (Å²) >= 11 is 0. The maximum atomic E-state index is 12.1. The average molecular weight is 322 g/mol. The van der Waals surface area contributed by atoms with Crippen LogP contribution in [0.25, 0.3) is 10.9 Å². The molecule has 1 aliphatic heterocycles. The van der Waals surface area contributed by atoms with E-state index in [0.717, 1.165) is 42.5 Å². The van der Waals surface area contributed by atoms with Gasteiger partial charge in [0, 0.05) is 36.1 Å². The predicted molar refractivity (Wildman–Crippen MR) is 94.5 cm³/mol. The van der Waals surface area contributed by atoms with Gasteiger partial charge >= 0.3 is 0 Å². The van der Waals surface area contributed by atoms with E-state index in [1.54, 1.807) is 0 Å². The van der Waals surface area contributed by atoms with Crippen LogP contribution in [0.5, 0.6) is 0 Å². The van der Waals surface area contributed by atoms with Crippen LogP contribution in [0.15, 0.2) is 30.3 Å². The number of nitriles is 1. The Balaban J connectivity index is 1.75. The molecular formula is C19H22N4O. The number of piperidine rings is 1. The van der Waals surface area contributed by atoms with Crippen LogP contribution in [0.2, 0.25) is 0 Å². The lowest BCUT2D eigenvalue weighted by Crippen LogP contribution is -2.44. The van der Waals surface area contributed by atoms with Gasteiger partial charge in [-0.25, -0.2) is 4.98 Å². The number of nitrogens with zero attached hydrogens (tertiary/aromatic N) is 3. The van der Waals surface area contributed by atoms with Crippen LogP contribution < -0.4 is 5.32 Å². The molecule has 1 aromatic carbocycles. The second-order valence-corrected chi connectivity index (χ2v) is 6.58. The summed E-state index contributed by atoms with van der Waals surface area (Å²) in [5, 5.41) is 13.8. The highest BCUT2D eigenvalue weighted by Gasteiger charge is 2.24. The lowest BCUT2D eigenvalue weighted by Gasteiger charge is -2.34. The van der Waals surface area contributed by atoms with E-state index in [1.165, 1.54) is 0 Å². The minimum Gasteiger partial charge on any atom is -0.382 e. The Morgan fingerprint density at radius 1 is 1.33 bits per heavy atom. The van der Waals surface area contributed by atoms with Crippen LogP contribution >= 0.6 is 0 Å². The van der Waals surface area contributed by atoms with E-state index in [2.05, 4.69) is 16.4 Å². The van der Waals surface area contributed by atoms with E-state index >= 15 is 0 Å². The number of nitrogens with one attached hydrogen (secondary N) is 1. The third kappa shape index (κ3) is 3.33. The molecule has 0 unspecified atom stereocenters. The summed E-state index contributed by atoms with van der Waals surface area (Å²) < 4.78 is 0. The number of benzene rings is 1. The number of aromatic nitrogens is 1. The van der Waals surface area contributed by atoms with E-state index in [1.807, 2.05) is 49.1 Å². The van der Waals surface area contributed by atoms with Crippen molar-refractivity contribution in [1.82, 2.24) is 9.88 Å². The van der Waals surface area contributed by atoms with Crippen molar-refractivity contribution in [1.29, 1.82) is 5.26 Å². The zero-order valence-electron chi connectivity index (χ0n) is 14.1. The molecule has 0 saturated carbocycles. The molecule has 0 aliphatic carbocycles. The predicted octanol–water partition coefficient (Wildman–Crippen LogP) is 3.17. The number of pyridine rings is 1. The maximum Gasteiger partial charge on any atom is 0.225 e. The summed E-state index contributed by atoms with van der Waals surface area (Å²) in [6.45, 7) is 5.45. The number of carbonyl (C=O) groups excluding carboxylic acids is 1. The van der Waals surface area contributed by atoms with Crippen molar-refractivity contribution >= 4 is 22.5 Å². The number of fused-ring (bicyclic) bond motifs is 1. The SMILES string of the molecule is CC(C)C(=O)N1CCC(Nc2cc(C#N)nc3ccccc23)CC1. The number of para-hydroxylation sites is 1. The van der Waals surface area contributed by atoms with Crippen LogP contribution in [-0.2, 0) is 4.79 Å². The molecule has 1 N–H and O–H groups in total. The van der Waals surface area contributed by atoms with Gasteiger partial charge in [-0.05, 0) is 25.0 Å². The van der Waals surface area contributed by atoms with Gasteiger partial charge in [0.15, 0.2) is 0 Å². The third-order valence-electron chi connectivity index (χ3n) is 4.49. The summed E-state index contributed by atoms with van der Waals surface area (Å²) in [6, 6.07) is 12.1. The van der Waals surface area contributed by atoms with Gasteiger partial charge < -0.3 is 10.2 Å². The average Bonchev–Trinajstić information content (AvgIpc) is 2.61. The molecule has 5 nitrogen and oxygen atoms in total. The number of hydrogen-bond donors (Lipinski definition) is 1. The fraction of sp³-hybridized carbons (Fsp3) is 0.421. The molecule has 1 fully saturated rings. The zero-order chi connectivity index (χ0) is 17.1. The van der Waals surface area contributed by atoms with Gasteiger partial charge in [0.05, 0.1) is 5.52 Å². The van der Waals surface area contributed by atoms with Crippen LogP contribution in [-0.4, -0.2) is 34.9 Å². The first-order valence-electron chi connectivity index (χ1n) is 8.43. The van der Waals surface area contributed by atoms with Crippen LogP contribution in [0.4, 0.5) is 5.69 Å². The van der Waals surface area contributed by atoms with Crippen molar-refractivity contribution in [2.24, 2.45) is 5.92 Å². The van der Waals surface area contributed by atoms with Crippen molar-refractivity contribution in [2.45, 2.75) is 32.7 Å². The highest BCUT2D eigenvalue weighted by Crippen LogP contribution is 2.26. The van der Waals surface area contributed by atoms with Crippen molar-refractivity contribution in [3.05, 3.63) is 36.0 Å². The normalized spacial score (nSPS) is 15.5. The van der Waals surface area contributed by atoms with Gasteiger partial charge in [-0.2, -0.15) is 5.26 Å². The van der Waals surface area contributed by atoms with E-state index in [-0.39, 0.29) is 11.8 Å². The van der Waals surface area contributed by atoms with Crippen molar-refractivity contribution in [3.63, 3.8) is 0 Å². The number of carbonyl (C=O) groups is 1. The lowest BCUT2D eigenvalue weighted by molar-refractivity contribution is -0.135. The summed E-state index contributed by atoms with van der Waals surface area (Å²) in [6.07, 6.45) is 1.83. The number of likely N-dealkylation sites (tertiary alicyclic amines) is 1. The first-order chi connectivity index (χ1) is 11.6. The molecule has 2 aromatic rings. The zero-order valence-corrected chi connectivity index (χ0v) is 14.1. The molecule has 3 rings (SSSR count). The number of anilines is 1. The molecule has 0 spiro atoms. The van der Waals surface area contributed by atoms with Crippen molar-refractivity contribution in [2.75, 3.05) is 18.4 Å². The monoisotopic (exact) mass is 322 g/mol. The molecule has 0 radical (unpaired) electrons. The molecule has 1 aliphatic rings. The molecule has 24 heavy (non-hydrogen) atoms. The Morgan fingerprint density at radius 2 is 2.04 bits per heavy atom. The van der Waals surface area contributed by atoms with E-state index in [0.29, 0.717) is 11.7 Å². The first-order valence-corrected chi connectivity index (χ1v) is 8.43. The van der Waals surface area contributed by atoms with Crippen LogP contribution in [0.1, 0.15) is 32.4 Å². The van der Waals surface area contributed by atoms with Crippen LogP contribution in [0.3, 0.4) is 0 Å². The highest BCUT2D eigenvalue weighted by molar-refractivity contribution is 5.91. The second kappa shape index (κ2) is 6.88. The van der Waals surface area contributed by atoms with Gasteiger partial charge in [0.25, 0.3) is 0 Å². The minimum atomic E-state index is 0.0526. The molecular weight excluding hydrogens is 300 g/mol. The summed E-state index contributed by atoms with van der Waals surface area (Å²) in [5.41, 5.74) is 2.20. The minimum absolute atomic E-state index is 0.0526. The molecule has 1 saturated heterocycles. The Kier molecular flexibility index (Phi) is 4.66. The Morgan fingerprint density at radius 3 is 2.71 bits per heavy atom. The molecule has 1 aromatic heterocycles. The molecule has 0 bridgehead atoms. The standard InChI is InChI=1S/C19H22N4O/c1-13(2)19(24)23-9-7-14(8-10-23)21-18-11-15(12-20)22-17-6-4-3-5-16(17)18/h3-6,11,13-14H,7-10H2,1-2H3,(H,21,22). The Bertz CT molecular complexity index is 786. The fourth-order valence-corrected chi connectivity index (χ4v) is 3.18. The molecule has 1 amide bonds. The maximum absolute atomic E-state index is 12.1. The smallest absolute Gasteiger partial charge is 0.225 e. The molecule has 2 heterocycles. The number of amides is 1. The van der Waals surface area contributed by atoms with Gasteiger partial charge in [0.1, 0.15) is 11.8 Å². The highest BCUT2D eigenvalue weighted by atomic mass is 16.2. The van der Waals surface area contributed by atoms with Gasteiger partial charge in [0.2, 0.25) is 5.91 Å². The summed E-state index contributed by atoms with van der Waals surface area (Å²) in [4.78, 5) is 18.4. The van der Waals surface area contributed by atoms with Gasteiger partial charge in [-0.1, -0.05) is 32.0 Å². The van der Waals surface area contributed by atoms with E-state index in [4.69, 9.17) is 0 Å². The van der Waals surface area contributed by atoms with E-state index in [9.17, 15) is 10.1 Å².